The molecule has 35 heavy (non-hydrogen) atoms. The molecule has 0 saturated heterocycles. The fourth-order valence-corrected chi connectivity index (χ4v) is 6.70. The number of rotatable bonds is 2. The summed E-state index contributed by atoms with van der Waals surface area (Å²) in [6.45, 7) is 14.4. The third-order valence-corrected chi connectivity index (χ3v) is 10.1. The maximum atomic E-state index is 6.11. The Morgan fingerprint density at radius 3 is 1.86 bits per heavy atom. The van der Waals surface area contributed by atoms with Gasteiger partial charge < -0.3 is 4.42 Å². The normalized spacial score (nSPS) is 17.7. The van der Waals surface area contributed by atoms with Crippen molar-refractivity contribution < 1.29 is 4.42 Å². The molecule has 0 radical (unpaired) electrons. The number of hydrogen-bond donors (Lipinski definition) is 0. The first-order chi connectivity index (χ1) is 16.5. The Labute approximate surface area is 216 Å². The van der Waals surface area contributed by atoms with Gasteiger partial charge in [0.15, 0.2) is 0 Å². The summed E-state index contributed by atoms with van der Waals surface area (Å²) < 4.78 is 7.27. The van der Waals surface area contributed by atoms with E-state index in [4.69, 9.17) is 4.42 Å². The fraction of sp³-hybridized carbons (Fsp3) is 0.273. The Bertz CT molecular complexity index is 1610. The molecule has 1 aliphatic carbocycles. The van der Waals surface area contributed by atoms with Gasteiger partial charge in [-0.25, -0.2) is 0 Å². The molecular weight excluding hydrogens is 492 g/mol. The van der Waals surface area contributed by atoms with Crippen LogP contribution < -0.4 is 0 Å². The number of para-hydroxylation sites is 1. The molecule has 1 nitrogen and oxygen atoms in total. The van der Waals surface area contributed by atoms with Gasteiger partial charge in [0.05, 0.1) is 0 Å². The van der Waals surface area contributed by atoms with Crippen molar-refractivity contribution in [1.29, 1.82) is 0 Å². The molecule has 2 heteroatoms. The van der Waals surface area contributed by atoms with E-state index in [9.17, 15) is 0 Å². The quantitative estimate of drug-likeness (QED) is 0.224. The molecule has 1 aromatic heterocycles. The Morgan fingerprint density at radius 2 is 1.17 bits per heavy atom. The molecule has 0 spiro atoms. The highest BCUT2D eigenvalue weighted by Gasteiger charge is 2.56. The zero-order chi connectivity index (χ0) is 24.8. The number of furan rings is 1. The molecule has 0 fully saturated rings. The van der Waals surface area contributed by atoms with Gasteiger partial charge in [-0.3, -0.25) is 0 Å². The maximum absolute atomic E-state index is 6.11. The van der Waals surface area contributed by atoms with Crippen LogP contribution in [0.25, 0.3) is 44.2 Å². The van der Waals surface area contributed by atoms with Gasteiger partial charge in [0.25, 0.3) is 0 Å². The minimum Gasteiger partial charge on any atom is -0.456 e. The molecule has 4 aromatic carbocycles. The van der Waals surface area contributed by atoms with E-state index in [2.05, 4.69) is 124 Å². The molecule has 0 saturated carbocycles. The van der Waals surface area contributed by atoms with Crippen LogP contribution in [0, 0.1) is 5.41 Å². The number of halogens is 1. The largest absolute Gasteiger partial charge is 0.456 e. The van der Waals surface area contributed by atoms with Crippen molar-refractivity contribution in [3.63, 3.8) is 0 Å². The molecule has 0 aliphatic heterocycles. The van der Waals surface area contributed by atoms with Crippen LogP contribution in [0.1, 0.15) is 52.7 Å². The smallest absolute Gasteiger partial charge is 0.136 e. The molecule has 5 aromatic rings. The summed E-state index contributed by atoms with van der Waals surface area (Å²) in [5.74, 6) is 0. The molecule has 0 bridgehead atoms. The van der Waals surface area contributed by atoms with Crippen LogP contribution in [0.5, 0.6) is 0 Å². The van der Waals surface area contributed by atoms with E-state index in [-0.39, 0.29) is 16.2 Å². The zero-order valence-electron chi connectivity index (χ0n) is 21.3. The SMILES string of the molecule is CC1(C)c2cc(Br)c(-c3ccc(-c4cccc5oc6ccccc6c45)cc3)cc2C(C)(C)C1(C)C. The van der Waals surface area contributed by atoms with E-state index < -0.39 is 0 Å². The molecule has 0 amide bonds. The van der Waals surface area contributed by atoms with Crippen molar-refractivity contribution in [2.75, 3.05) is 0 Å². The molecule has 1 heterocycles. The van der Waals surface area contributed by atoms with Crippen molar-refractivity contribution in [3.05, 3.63) is 94.5 Å². The van der Waals surface area contributed by atoms with Crippen molar-refractivity contribution in [2.45, 2.75) is 52.4 Å². The molecule has 0 unspecified atom stereocenters. The molecule has 6 rings (SSSR count). The molecule has 0 atom stereocenters. The van der Waals surface area contributed by atoms with Gasteiger partial charge in [-0.2, -0.15) is 0 Å². The van der Waals surface area contributed by atoms with Gasteiger partial charge in [0.2, 0.25) is 0 Å². The van der Waals surface area contributed by atoms with E-state index in [1.54, 1.807) is 0 Å². The minimum absolute atomic E-state index is 0.0825. The first-order valence-electron chi connectivity index (χ1n) is 12.4. The lowest BCUT2D eigenvalue weighted by molar-refractivity contribution is 0.125. The Balaban J connectivity index is 1.47. The van der Waals surface area contributed by atoms with Crippen LogP contribution >= 0.6 is 15.9 Å². The van der Waals surface area contributed by atoms with E-state index in [0.717, 1.165) is 21.0 Å². The minimum atomic E-state index is 0.0825. The number of fused-ring (bicyclic) bond motifs is 4. The van der Waals surface area contributed by atoms with Crippen LogP contribution in [-0.2, 0) is 10.8 Å². The first-order valence-corrected chi connectivity index (χ1v) is 13.2. The topological polar surface area (TPSA) is 13.1 Å². The average Bonchev–Trinajstić information content (AvgIpc) is 3.26. The van der Waals surface area contributed by atoms with Crippen LogP contribution in [0.3, 0.4) is 0 Å². The Kier molecular flexibility index (Phi) is 4.74. The van der Waals surface area contributed by atoms with Crippen LogP contribution in [0.2, 0.25) is 0 Å². The van der Waals surface area contributed by atoms with Crippen molar-refractivity contribution >= 4 is 37.9 Å². The van der Waals surface area contributed by atoms with Crippen LogP contribution in [0.15, 0.2) is 87.8 Å². The van der Waals surface area contributed by atoms with Gasteiger partial charge in [-0.05, 0) is 73.9 Å². The summed E-state index contributed by atoms with van der Waals surface area (Å²) in [7, 11) is 0. The van der Waals surface area contributed by atoms with E-state index in [1.807, 2.05) is 12.1 Å². The fourth-order valence-electron chi connectivity index (χ4n) is 6.13. The lowest BCUT2D eigenvalue weighted by atomic mass is 9.59. The summed E-state index contributed by atoms with van der Waals surface area (Å²) in [4.78, 5) is 0. The standard InChI is InChI=1S/C33H31BrO/c1-31(2)25-18-24(27(34)19-26(25)32(3,4)33(31,5)6)21-16-14-20(15-17-21)22-11-9-13-29-30(22)23-10-7-8-12-28(23)35-29/h7-19H,1-6H3. The average molecular weight is 524 g/mol. The Morgan fingerprint density at radius 1 is 0.600 bits per heavy atom. The third-order valence-electron chi connectivity index (χ3n) is 9.49. The van der Waals surface area contributed by atoms with Crippen LogP contribution in [0.4, 0.5) is 0 Å². The third kappa shape index (κ3) is 2.99. The summed E-state index contributed by atoms with van der Waals surface area (Å²) in [6, 6.07) is 28.4. The van der Waals surface area contributed by atoms with Gasteiger partial charge in [-0.15, -0.1) is 0 Å². The maximum Gasteiger partial charge on any atom is 0.136 e. The highest BCUT2D eigenvalue weighted by Crippen LogP contribution is 2.62. The zero-order valence-corrected chi connectivity index (χ0v) is 22.9. The predicted octanol–water partition coefficient (Wildman–Crippen LogP) is 10.3. The van der Waals surface area contributed by atoms with Gasteiger partial charge in [-0.1, -0.05) is 112 Å². The predicted molar refractivity (Wildman–Crippen MR) is 152 cm³/mol. The second-order valence-corrected chi connectivity index (χ2v) is 12.5. The summed E-state index contributed by atoms with van der Waals surface area (Å²) in [5.41, 5.74) is 10.0. The second kappa shape index (κ2) is 7.34. The summed E-state index contributed by atoms with van der Waals surface area (Å²) in [6.07, 6.45) is 0. The molecule has 0 N–H and O–H groups in total. The van der Waals surface area contributed by atoms with Crippen molar-refractivity contribution in [3.8, 4) is 22.3 Å². The number of benzene rings is 4. The highest BCUT2D eigenvalue weighted by atomic mass is 79.9. The van der Waals surface area contributed by atoms with E-state index >= 15 is 0 Å². The van der Waals surface area contributed by atoms with Crippen molar-refractivity contribution in [2.24, 2.45) is 5.41 Å². The molecular formula is C33H31BrO. The lowest BCUT2D eigenvalue weighted by Gasteiger charge is -2.44. The number of hydrogen-bond acceptors (Lipinski definition) is 1. The first kappa shape index (κ1) is 22.6. The van der Waals surface area contributed by atoms with E-state index in [0.29, 0.717) is 0 Å². The van der Waals surface area contributed by atoms with Crippen molar-refractivity contribution in [1.82, 2.24) is 0 Å². The molecule has 176 valence electrons. The Hall–Kier alpha value is -2.84. The van der Waals surface area contributed by atoms with Crippen LogP contribution in [-0.4, -0.2) is 0 Å². The summed E-state index contributed by atoms with van der Waals surface area (Å²) in [5, 5.41) is 2.34. The van der Waals surface area contributed by atoms with Gasteiger partial charge in [0, 0.05) is 15.2 Å². The van der Waals surface area contributed by atoms with Gasteiger partial charge >= 0.3 is 0 Å². The lowest BCUT2D eigenvalue weighted by Crippen LogP contribution is -2.42. The van der Waals surface area contributed by atoms with Gasteiger partial charge in [0.1, 0.15) is 11.2 Å². The highest BCUT2D eigenvalue weighted by molar-refractivity contribution is 9.10. The molecule has 1 aliphatic rings. The summed E-state index contributed by atoms with van der Waals surface area (Å²) >= 11 is 3.92. The van der Waals surface area contributed by atoms with E-state index in [1.165, 1.54) is 38.8 Å². The monoisotopic (exact) mass is 522 g/mol. The second-order valence-electron chi connectivity index (χ2n) is 11.6.